The lowest BCUT2D eigenvalue weighted by molar-refractivity contribution is -0.143. The molecule has 5 fully saturated rings. The first-order chi connectivity index (χ1) is 12.9. The third-order valence-electron chi connectivity index (χ3n) is 10.0. The zero-order chi connectivity index (χ0) is 18.6. The molecular weight excluding hydrogens is 340 g/mol. The van der Waals surface area contributed by atoms with E-state index in [9.17, 15) is 10.2 Å². The second kappa shape index (κ2) is 5.20. The fraction of sp³-hybridized carbons (Fsp3) is 0.826. The van der Waals surface area contributed by atoms with Crippen molar-refractivity contribution in [2.75, 3.05) is 0 Å². The molecule has 2 heterocycles. The predicted molar refractivity (Wildman–Crippen MR) is 100 cm³/mol. The molecule has 1 saturated heterocycles. The Morgan fingerprint density at radius 3 is 2.67 bits per heavy atom. The van der Waals surface area contributed by atoms with Gasteiger partial charge >= 0.3 is 0 Å². The largest absolute Gasteiger partial charge is 0.472 e. The summed E-state index contributed by atoms with van der Waals surface area (Å²) in [4.78, 5) is 0. The molecule has 0 radical (unpaired) electrons. The predicted octanol–water partition coefficient (Wildman–Crippen LogP) is 3.87. The number of furan rings is 1. The lowest BCUT2D eigenvalue weighted by Gasteiger charge is -2.61. The van der Waals surface area contributed by atoms with Crippen molar-refractivity contribution in [3.05, 3.63) is 24.2 Å². The van der Waals surface area contributed by atoms with Crippen LogP contribution in [-0.2, 0) is 4.74 Å². The summed E-state index contributed by atoms with van der Waals surface area (Å²) in [6, 6.07) is 2.03. The van der Waals surface area contributed by atoms with Gasteiger partial charge in [0.25, 0.3) is 0 Å². The van der Waals surface area contributed by atoms with Crippen LogP contribution in [0.3, 0.4) is 0 Å². The van der Waals surface area contributed by atoms with E-state index in [1.165, 1.54) is 19.3 Å². The maximum absolute atomic E-state index is 11.2. The van der Waals surface area contributed by atoms with Gasteiger partial charge in [-0.25, -0.2) is 0 Å². The van der Waals surface area contributed by atoms with Crippen LogP contribution in [0, 0.1) is 28.6 Å². The fourth-order valence-corrected chi connectivity index (χ4v) is 8.72. The van der Waals surface area contributed by atoms with Crippen molar-refractivity contribution in [1.29, 1.82) is 0 Å². The van der Waals surface area contributed by atoms with E-state index in [0.717, 1.165) is 31.2 Å². The molecule has 1 aromatic rings. The molecule has 2 N–H and O–H groups in total. The summed E-state index contributed by atoms with van der Waals surface area (Å²) in [5.41, 5.74) is 1.30. The van der Waals surface area contributed by atoms with E-state index < -0.39 is 6.10 Å². The number of hydrogen-bond donors (Lipinski definition) is 2. The van der Waals surface area contributed by atoms with Crippen LogP contribution in [0.1, 0.15) is 70.3 Å². The van der Waals surface area contributed by atoms with Crippen molar-refractivity contribution >= 4 is 0 Å². The summed E-state index contributed by atoms with van der Waals surface area (Å²) in [6.07, 6.45) is 10.8. The highest BCUT2D eigenvalue weighted by molar-refractivity contribution is 5.38. The summed E-state index contributed by atoms with van der Waals surface area (Å²) >= 11 is 0. The molecular formula is C23H32O4. The molecule has 1 aliphatic heterocycles. The number of rotatable bonds is 1. The second-order valence-corrected chi connectivity index (χ2v) is 10.7. The number of ether oxygens (including phenoxy) is 1. The standard InChI is InChI=1S/C23H32O4/c1-21-8-5-15(24)11-14(21)3-4-17-16(21)6-9-22(2)18(13-7-10-26-12-13)19(25)20-23(17,22)27-20/h7,10,12,14-20,24-25H,3-6,8-9,11H2,1-2H3/t14-,15+,16+,17-,18+,19-,20-,21+,22-,23-/m1/s1. The van der Waals surface area contributed by atoms with Gasteiger partial charge in [-0.3, -0.25) is 0 Å². The van der Waals surface area contributed by atoms with Crippen LogP contribution in [-0.4, -0.2) is 34.1 Å². The van der Waals surface area contributed by atoms with Crippen LogP contribution < -0.4 is 0 Å². The van der Waals surface area contributed by atoms with Crippen LogP contribution in [0.5, 0.6) is 0 Å². The van der Waals surface area contributed by atoms with Crippen molar-refractivity contribution in [3.8, 4) is 0 Å². The highest BCUT2D eigenvalue weighted by atomic mass is 16.6. The number of aliphatic hydroxyl groups is 2. The van der Waals surface area contributed by atoms with Gasteiger partial charge in [0.05, 0.1) is 24.7 Å². The van der Waals surface area contributed by atoms with Crippen molar-refractivity contribution in [3.63, 3.8) is 0 Å². The van der Waals surface area contributed by atoms with Gasteiger partial charge in [0, 0.05) is 11.3 Å². The Morgan fingerprint density at radius 1 is 1.04 bits per heavy atom. The Balaban J connectivity index is 1.39. The Labute approximate surface area is 161 Å². The van der Waals surface area contributed by atoms with Crippen LogP contribution in [0.4, 0.5) is 0 Å². The molecule has 4 aliphatic carbocycles. The first kappa shape index (κ1) is 17.1. The molecule has 0 aromatic carbocycles. The Morgan fingerprint density at radius 2 is 1.89 bits per heavy atom. The summed E-state index contributed by atoms with van der Waals surface area (Å²) in [5.74, 6) is 1.98. The van der Waals surface area contributed by atoms with Gasteiger partial charge in [0.2, 0.25) is 0 Å². The van der Waals surface area contributed by atoms with Gasteiger partial charge in [-0.1, -0.05) is 13.8 Å². The van der Waals surface area contributed by atoms with E-state index in [4.69, 9.17) is 9.15 Å². The number of aliphatic hydroxyl groups excluding tert-OH is 2. The molecule has 0 unspecified atom stereocenters. The molecule has 4 heteroatoms. The average molecular weight is 373 g/mol. The molecule has 148 valence electrons. The van der Waals surface area contributed by atoms with Gasteiger partial charge in [-0.05, 0) is 79.7 Å². The molecule has 0 bridgehead atoms. The molecule has 1 aromatic heterocycles. The maximum atomic E-state index is 11.2. The zero-order valence-electron chi connectivity index (χ0n) is 16.4. The molecule has 0 amide bonds. The molecule has 4 saturated carbocycles. The van der Waals surface area contributed by atoms with Crippen LogP contribution in [0.2, 0.25) is 0 Å². The third kappa shape index (κ3) is 1.86. The van der Waals surface area contributed by atoms with Crippen molar-refractivity contribution in [2.24, 2.45) is 28.6 Å². The van der Waals surface area contributed by atoms with Gasteiger partial charge in [0.15, 0.2) is 0 Å². The lowest BCUT2D eigenvalue weighted by atomic mass is 9.44. The van der Waals surface area contributed by atoms with E-state index in [0.29, 0.717) is 23.2 Å². The molecule has 27 heavy (non-hydrogen) atoms. The van der Waals surface area contributed by atoms with Gasteiger partial charge in [-0.15, -0.1) is 0 Å². The Bertz CT molecular complexity index is 746. The lowest BCUT2D eigenvalue weighted by Crippen LogP contribution is -2.58. The summed E-state index contributed by atoms with van der Waals surface area (Å²) in [5, 5.41) is 21.4. The van der Waals surface area contributed by atoms with Crippen LogP contribution >= 0.6 is 0 Å². The Hall–Kier alpha value is -0.840. The summed E-state index contributed by atoms with van der Waals surface area (Å²) in [6.45, 7) is 4.87. The minimum Gasteiger partial charge on any atom is -0.472 e. The van der Waals surface area contributed by atoms with E-state index in [1.54, 1.807) is 6.26 Å². The first-order valence-electron chi connectivity index (χ1n) is 11.0. The molecule has 6 rings (SSSR count). The van der Waals surface area contributed by atoms with E-state index >= 15 is 0 Å². The highest BCUT2D eigenvalue weighted by Crippen LogP contribution is 2.77. The Kier molecular flexibility index (Phi) is 3.28. The van der Waals surface area contributed by atoms with E-state index in [1.807, 2.05) is 12.3 Å². The van der Waals surface area contributed by atoms with Gasteiger partial charge in [0.1, 0.15) is 11.7 Å². The fourth-order valence-electron chi connectivity index (χ4n) is 8.72. The number of hydrogen-bond acceptors (Lipinski definition) is 4. The number of fused-ring (bicyclic) bond motifs is 3. The number of epoxide rings is 1. The van der Waals surface area contributed by atoms with E-state index in [2.05, 4.69) is 13.8 Å². The quantitative estimate of drug-likeness (QED) is 0.735. The smallest absolute Gasteiger partial charge is 0.115 e. The summed E-state index contributed by atoms with van der Waals surface area (Å²) in [7, 11) is 0. The molecule has 4 nitrogen and oxygen atoms in total. The average Bonchev–Trinajstić information content (AvgIpc) is 3.09. The van der Waals surface area contributed by atoms with Crippen molar-refractivity contribution in [2.45, 2.75) is 88.6 Å². The summed E-state index contributed by atoms with van der Waals surface area (Å²) < 4.78 is 11.8. The first-order valence-corrected chi connectivity index (χ1v) is 11.0. The molecule has 5 aliphatic rings. The van der Waals surface area contributed by atoms with Gasteiger partial charge < -0.3 is 19.4 Å². The normalized spacial score (nSPS) is 58.7. The second-order valence-electron chi connectivity index (χ2n) is 10.7. The van der Waals surface area contributed by atoms with Crippen LogP contribution in [0.25, 0.3) is 0 Å². The SMILES string of the molecule is C[C@]12CC[C@H](O)C[C@H]1CC[C@@H]1[C@@H]2CC[C@]2(C)[C@@H](c3ccoc3)[C@@H](O)[C@H]3O[C@]132. The maximum Gasteiger partial charge on any atom is 0.115 e. The van der Waals surface area contributed by atoms with Crippen molar-refractivity contribution < 1.29 is 19.4 Å². The molecule has 10 atom stereocenters. The highest BCUT2D eigenvalue weighted by Gasteiger charge is 2.83. The minimum atomic E-state index is -0.426. The van der Waals surface area contributed by atoms with Crippen LogP contribution in [0.15, 0.2) is 23.0 Å². The minimum absolute atomic E-state index is 0.00969. The monoisotopic (exact) mass is 372 g/mol. The zero-order valence-corrected chi connectivity index (χ0v) is 16.4. The van der Waals surface area contributed by atoms with Gasteiger partial charge in [-0.2, -0.15) is 0 Å². The van der Waals surface area contributed by atoms with Crippen molar-refractivity contribution in [1.82, 2.24) is 0 Å². The molecule has 1 spiro atoms. The topological polar surface area (TPSA) is 66.1 Å². The third-order valence-corrected chi connectivity index (χ3v) is 10.0. The van der Waals surface area contributed by atoms with E-state index in [-0.39, 0.29) is 29.1 Å².